The molecule has 0 aromatic heterocycles. The summed E-state index contributed by atoms with van der Waals surface area (Å²) >= 11 is 3.30. The van der Waals surface area contributed by atoms with Gasteiger partial charge < -0.3 is 0 Å². The van der Waals surface area contributed by atoms with Crippen LogP contribution in [0.2, 0.25) is 0 Å². The third kappa shape index (κ3) is 3.37. The van der Waals surface area contributed by atoms with Crippen molar-refractivity contribution in [3.8, 4) is 12.3 Å². The quantitative estimate of drug-likeness (QED) is 0.779. The molecule has 0 N–H and O–H groups in total. The van der Waals surface area contributed by atoms with Crippen LogP contribution in [0, 0.1) is 12.3 Å². The second-order valence-corrected chi connectivity index (χ2v) is 7.19. The molecule has 2 rings (SSSR count). The van der Waals surface area contributed by atoms with Gasteiger partial charge in [-0.3, -0.25) is 4.90 Å². The first-order chi connectivity index (χ1) is 9.04. The summed E-state index contributed by atoms with van der Waals surface area (Å²) in [7, 11) is -3.38. The molecule has 0 amide bonds. The predicted octanol–water partition coefficient (Wildman–Crippen LogP) is 1.39. The Labute approximate surface area is 122 Å². The number of halogens is 1. The van der Waals surface area contributed by atoms with Crippen LogP contribution in [-0.4, -0.2) is 50.3 Å². The SMILES string of the molecule is C#CCN1CCN(S(=O)(=O)c2ccc(Br)cc2)CC1. The van der Waals surface area contributed by atoms with Crippen LogP contribution in [0.3, 0.4) is 0 Å². The van der Waals surface area contributed by atoms with Crippen LogP contribution in [-0.2, 0) is 10.0 Å². The van der Waals surface area contributed by atoms with E-state index in [0.29, 0.717) is 37.6 Å². The summed E-state index contributed by atoms with van der Waals surface area (Å²) in [5.41, 5.74) is 0. The second-order valence-electron chi connectivity index (χ2n) is 4.34. The van der Waals surface area contributed by atoms with Gasteiger partial charge in [-0.15, -0.1) is 6.42 Å². The Bertz CT molecular complexity index is 570. The van der Waals surface area contributed by atoms with Crippen molar-refractivity contribution in [1.82, 2.24) is 9.21 Å². The van der Waals surface area contributed by atoms with E-state index in [1.165, 1.54) is 4.31 Å². The van der Waals surface area contributed by atoms with Gasteiger partial charge in [0, 0.05) is 30.7 Å². The molecule has 102 valence electrons. The largest absolute Gasteiger partial charge is 0.290 e. The summed E-state index contributed by atoms with van der Waals surface area (Å²) in [6.07, 6.45) is 5.26. The lowest BCUT2D eigenvalue weighted by molar-refractivity contribution is 0.207. The van der Waals surface area contributed by atoms with Gasteiger partial charge in [-0.05, 0) is 24.3 Å². The zero-order valence-electron chi connectivity index (χ0n) is 10.4. The molecule has 0 atom stereocenters. The Morgan fingerprint density at radius 3 is 2.26 bits per heavy atom. The van der Waals surface area contributed by atoms with E-state index >= 15 is 0 Å². The Morgan fingerprint density at radius 1 is 1.16 bits per heavy atom. The fourth-order valence-electron chi connectivity index (χ4n) is 2.01. The topological polar surface area (TPSA) is 40.6 Å². The average molecular weight is 343 g/mol. The van der Waals surface area contributed by atoms with Crippen LogP contribution in [0.25, 0.3) is 0 Å². The Kier molecular flexibility index (Phi) is 4.63. The number of piperazine rings is 1. The van der Waals surface area contributed by atoms with Crippen molar-refractivity contribution in [2.75, 3.05) is 32.7 Å². The van der Waals surface area contributed by atoms with Crippen LogP contribution >= 0.6 is 15.9 Å². The first-order valence-corrected chi connectivity index (χ1v) is 8.19. The molecule has 6 heteroatoms. The summed E-state index contributed by atoms with van der Waals surface area (Å²) in [6.45, 7) is 2.91. The maximum Gasteiger partial charge on any atom is 0.243 e. The molecule has 4 nitrogen and oxygen atoms in total. The Balaban J connectivity index is 2.10. The summed E-state index contributed by atoms with van der Waals surface area (Å²) < 4.78 is 27.2. The van der Waals surface area contributed by atoms with Crippen LogP contribution in [0.4, 0.5) is 0 Å². The molecular weight excluding hydrogens is 328 g/mol. The molecule has 1 aromatic rings. The normalized spacial score (nSPS) is 18.1. The van der Waals surface area contributed by atoms with E-state index in [-0.39, 0.29) is 0 Å². The smallest absolute Gasteiger partial charge is 0.243 e. The molecule has 1 saturated heterocycles. The molecule has 0 unspecified atom stereocenters. The minimum absolute atomic E-state index is 0.334. The fourth-order valence-corrected chi connectivity index (χ4v) is 3.70. The highest BCUT2D eigenvalue weighted by molar-refractivity contribution is 9.10. The van der Waals surface area contributed by atoms with Gasteiger partial charge in [0.05, 0.1) is 11.4 Å². The molecule has 0 bridgehead atoms. The van der Waals surface area contributed by atoms with Crippen molar-refractivity contribution in [2.24, 2.45) is 0 Å². The zero-order valence-corrected chi connectivity index (χ0v) is 12.8. The number of rotatable bonds is 3. The van der Waals surface area contributed by atoms with Crippen LogP contribution in [0.15, 0.2) is 33.6 Å². The van der Waals surface area contributed by atoms with E-state index in [4.69, 9.17) is 6.42 Å². The molecule has 1 aliphatic rings. The molecule has 0 radical (unpaired) electrons. The van der Waals surface area contributed by atoms with Crippen LogP contribution < -0.4 is 0 Å². The van der Waals surface area contributed by atoms with E-state index in [2.05, 4.69) is 26.8 Å². The standard InChI is InChI=1S/C13H15BrN2O2S/c1-2-7-15-8-10-16(11-9-15)19(17,18)13-5-3-12(14)4-6-13/h1,3-6H,7-11H2. The maximum atomic E-state index is 12.4. The molecule has 0 spiro atoms. The lowest BCUT2D eigenvalue weighted by atomic mass is 10.3. The van der Waals surface area contributed by atoms with Gasteiger partial charge in [-0.25, -0.2) is 8.42 Å². The molecule has 1 aliphatic heterocycles. The van der Waals surface area contributed by atoms with Crippen molar-refractivity contribution < 1.29 is 8.42 Å². The first-order valence-electron chi connectivity index (χ1n) is 5.95. The van der Waals surface area contributed by atoms with Crippen LogP contribution in [0.1, 0.15) is 0 Å². The van der Waals surface area contributed by atoms with Gasteiger partial charge in [0.1, 0.15) is 0 Å². The monoisotopic (exact) mass is 342 g/mol. The lowest BCUT2D eigenvalue weighted by Gasteiger charge is -2.32. The molecular formula is C13H15BrN2O2S. The number of nitrogens with zero attached hydrogens (tertiary/aromatic N) is 2. The second kappa shape index (κ2) is 6.06. The number of sulfonamides is 1. The average Bonchev–Trinajstić information content (AvgIpc) is 2.40. The van der Waals surface area contributed by atoms with Gasteiger partial charge in [0.25, 0.3) is 0 Å². The first kappa shape index (κ1) is 14.5. The Morgan fingerprint density at radius 2 is 1.74 bits per heavy atom. The van der Waals surface area contributed by atoms with Crippen molar-refractivity contribution in [2.45, 2.75) is 4.90 Å². The molecule has 19 heavy (non-hydrogen) atoms. The molecule has 0 saturated carbocycles. The van der Waals surface area contributed by atoms with E-state index in [9.17, 15) is 8.42 Å². The summed E-state index contributed by atoms with van der Waals surface area (Å²) in [4.78, 5) is 2.41. The molecule has 0 aliphatic carbocycles. The number of hydrogen-bond acceptors (Lipinski definition) is 3. The maximum absolute atomic E-state index is 12.4. The van der Waals surface area contributed by atoms with E-state index in [0.717, 1.165) is 4.47 Å². The van der Waals surface area contributed by atoms with Gasteiger partial charge in [-0.1, -0.05) is 21.9 Å². The van der Waals surface area contributed by atoms with E-state index < -0.39 is 10.0 Å². The number of hydrogen-bond donors (Lipinski definition) is 0. The summed E-state index contributed by atoms with van der Waals surface area (Å²) in [5, 5.41) is 0. The molecule has 1 fully saturated rings. The van der Waals surface area contributed by atoms with Gasteiger partial charge >= 0.3 is 0 Å². The van der Waals surface area contributed by atoms with Gasteiger partial charge in [0.2, 0.25) is 10.0 Å². The van der Waals surface area contributed by atoms with Crippen molar-refractivity contribution >= 4 is 26.0 Å². The number of benzene rings is 1. The van der Waals surface area contributed by atoms with Gasteiger partial charge in [0.15, 0.2) is 0 Å². The number of terminal acetylenes is 1. The van der Waals surface area contributed by atoms with Gasteiger partial charge in [-0.2, -0.15) is 4.31 Å². The highest BCUT2D eigenvalue weighted by Gasteiger charge is 2.27. The molecule has 1 heterocycles. The van der Waals surface area contributed by atoms with Crippen LogP contribution in [0.5, 0.6) is 0 Å². The van der Waals surface area contributed by atoms with Crippen molar-refractivity contribution in [3.63, 3.8) is 0 Å². The van der Waals surface area contributed by atoms with Crippen molar-refractivity contribution in [3.05, 3.63) is 28.7 Å². The zero-order chi connectivity index (χ0) is 13.9. The highest BCUT2D eigenvalue weighted by Crippen LogP contribution is 2.19. The van der Waals surface area contributed by atoms with Crippen molar-refractivity contribution in [1.29, 1.82) is 0 Å². The summed E-state index contributed by atoms with van der Waals surface area (Å²) in [5.74, 6) is 2.58. The minimum Gasteiger partial charge on any atom is -0.290 e. The lowest BCUT2D eigenvalue weighted by Crippen LogP contribution is -2.48. The third-order valence-corrected chi connectivity index (χ3v) is 5.54. The van der Waals surface area contributed by atoms with E-state index in [1.807, 2.05) is 0 Å². The molecule has 1 aromatic carbocycles. The predicted molar refractivity (Wildman–Crippen MR) is 78.2 cm³/mol. The Hall–Kier alpha value is -0.870. The van der Waals surface area contributed by atoms with E-state index in [1.54, 1.807) is 24.3 Å². The highest BCUT2D eigenvalue weighted by atomic mass is 79.9. The minimum atomic E-state index is -3.38. The third-order valence-electron chi connectivity index (χ3n) is 3.10. The fraction of sp³-hybridized carbons (Fsp3) is 0.385. The summed E-state index contributed by atoms with van der Waals surface area (Å²) in [6, 6.07) is 6.71.